The zero-order chi connectivity index (χ0) is 24.4. The van der Waals surface area contributed by atoms with Gasteiger partial charge in [-0.3, -0.25) is 14.2 Å². The highest BCUT2D eigenvalue weighted by Gasteiger charge is 2.17. The van der Waals surface area contributed by atoms with Gasteiger partial charge in [0.15, 0.2) is 0 Å². The van der Waals surface area contributed by atoms with Crippen LogP contribution in [0.2, 0.25) is 0 Å². The van der Waals surface area contributed by atoms with E-state index in [4.69, 9.17) is 4.74 Å². The number of rotatable bonds is 7. The van der Waals surface area contributed by atoms with E-state index in [9.17, 15) is 14.7 Å². The standard InChI is InChI=1S/C30H25NO4/c1-20-18-27-24(19-29(32)33)9-5-11-28(27)31(20)30(34)23-12-14-25(15-13-23)35-17-16-22-8-4-7-21-6-2-3-10-26(21)22/h2-15,18H,16-17,19H2,1H3,(H,32,33). The fraction of sp³-hybridized carbons (Fsp3) is 0.133. The Balaban J connectivity index is 1.31. The fourth-order valence-electron chi connectivity index (χ4n) is 4.62. The first-order valence-corrected chi connectivity index (χ1v) is 11.6. The highest BCUT2D eigenvalue weighted by atomic mass is 16.5. The molecule has 1 N–H and O–H groups in total. The lowest BCUT2D eigenvalue weighted by atomic mass is 10.0. The smallest absolute Gasteiger partial charge is 0.307 e. The Morgan fingerprint density at radius 1 is 0.829 bits per heavy atom. The van der Waals surface area contributed by atoms with E-state index >= 15 is 0 Å². The molecule has 1 heterocycles. The molecule has 0 unspecified atom stereocenters. The summed E-state index contributed by atoms with van der Waals surface area (Å²) in [6.45, 7) is 2.39. The van der Waals surface area contributed by atoms with Crippen molar-refractivity contribution in [3.05, 3.63) is 113 Å². The zero-order valence-corrected chi connectivity index (χ0v) is 19.4. The maximum Gasteiger partial charge on any atom is 0.307 e. The summed E-state index contributed by atoms with van der Waals surface area (Å²) in [6.07, 6.45) is 0.703. The van der Waals surface area contributed by atoms with Gasteiger partial charge in [0.1, 0.15) is 5.75 Å². The average molecular weight is 464 g/mol. The van der Waals surface area contributed by atoms with Crippen molar-refractivity contribution in [2.24, 2.45) is 0 Å². The molecular formula is C30H25NO4. The first kappa shape index (κ1) is 22.4. The van der Waals surface area contributed by atoms with Crippen LogP contribution in [-0.4, -0.2) is 28.2 Å². The highest BCUT2D eigenvalue weighted by Crippen LogP contribution is 2.26. The van der Waals surface area contributed by atoms with Crippen molar-refractivity contribution in [3.8, 4) is 5.75 Å². The molecule has 0 fully saturated rings. The topological polar surface area (TPSA) is 68.5 Å². The lowest BCUT2D eigenvalue weighted by Crippen LogP contribution is -2.13. The molecule has 0 aliphatic rings. The van der Waals surface area contributed by atoms with Gasteiger partial charge < -0.3 is 9.84 Å². The number of benzene rings is 4. The van der Waals surface area contributed by atoms with E-state index in [2.05, 4.69) is 30.3 Å². The molecule has 0 aliphatic carbocycles. The van der Waals surface area contributed by atoms with Crippen molar-refractivity contribution < 1.29 is 19.4 Å². The minimum atomic E-state index is -0.898. The van der Waals surface area contributed by atoms with Gasteiger partial charge in [0, 0.05) is 23.1 Å². The Morgan fingerprint density at radius 2 is 1.54 bits per heavy atom. The second-order valence-electron chi connectivity index (χ2n) is 8.61. The van der Waals surface area contributed by atoms with E-state index in [0.29, 0.717) is 29.0 Å². The highest BCUT2D eigenvalue weighted by molar-refractivity contribution is 6.04. The third-order valence-corrected chi connectivity index (χ3v) is 6.29. The Kier molecular flexibility index (Phi) is 6.06. The molecule has 0 radical (unpaired) electrons. The first-order chi connectivity index (χ1) is 17.0. The Bertz CT molecular complexity index is 1540. The number of aromatic nitrogens is 1. The summed E-state index contributed by atoms with van der Waals surface area (Å²) < 4.78 is 7.59. The summed E-state index contributed by atoms with van der Waals surface area (Å²) in [7, 11) is 0. The van der Waals surface area contributed by atoms with Crippen LogP contribution < -0.4 is 4.74 Å². The van der Waals surface area contributed by atoms with Gasteiger partial charge in [-0.25, -0.2) is 0 Å². The van der Waals surface area contributed by atoms with Crippen molar-refractivity contribution >= 4 is 33.6 Å². The normalized spacial score (nSPS) is 11.1. The van der Waals surface area contributed by atoms with Gasteiger partial charge >= 0.3 is 5.97 Å². The molecule has 5 rings (SSSR count). The van der Waals surface area contributed by atoms with Gasteiger partial charge in [-0.15, -0.1) is 0 Å². The maximum absolute atomic E-state index is 13.3. The van der Waals surface area contributed by atoms with Gasteiger partial charge in [-0.1, -0.05) is 54.6 Å². The fourth-order valence-corrected chi connectivity index (χ4v) is 4.62. The number of carboxylic acids is 1. The van der Waals surface area contributed by atoms with Crippen LogP contribution in [-0.2, 0) is 17.6 Å². The average Bonchev–Trinajstić information content (AvgIpc) is 3.20. The molecule has 5 heteroatoms. The van der Waals surface area contributed by atoms with Crippen molar-refractivity contribution in [1.82, 2.24) is 4.57 Å². The number of carbonyl (C=O) groups excluding carboxylic acids is 1. The number of hydrogen-bond acceptors (Lipinski definition) is 3. The number of aliphatic carboxylic acids is 1. The van der Waals surface area contributed by atoms with E-state index in [1.165, 1.54) is 16.3 Å². The molecule has 35 heavy (non-hydrogen) atoms. The summed E-state index contributed by atoms with van der Waals surface area (Å²) >= 11 is 0. The molecule has 174 valence electrons. The molecule has 0 amide bonds. The molecule has 4 aromatic carbocycles. The second-order valence-corrected chi connectivity index (χ2v) is 8.61. The van der Waals surface area contributed by atoms with Crippen LogP contribution in [0, 0.1) is 6.92 Å². The van der Waals surface area contributed by atoms with Gasteiger partial charge in [-0.05, 0) is 65.2 Å². The minimum absolute atomic E-state index is 0.0835. The number of nitrogens with zero attached hydrogens (tertiary/aromatic N) is 1. The van der Waals surface area contributed by atoms with Crippen LogP contribution in [0.3, 0.4) is 0 Å². The van der Waals surface area contributed by atoms with Gasteiger partial charge in [0.2, 0.25) is 0 Å². The SMILES string of the molecule is Cc1cc2c(CC(=O)O)cccc2n1C(=O)c1ccc(OCCc2cccc3ccccc23)cc1. The zero-order valence-electron chi connectivity index (χ0n) is 19.4. The number of carboxylic acid groups (broad SMARTS) is 1. The van der Waals surface area contributed by atoms with Crippen LogP contribution >= 0.6 is 0 Å². The van der Waals surface area contributed by atoms with E-state index in [1.54, 1.807) is 28.8 Å². The third kappa shape index (κ3) is 4.53. The molecule has 0 saturated carbocycles. The monoisotopic (exact) mass is 463 g/mol. The van der Waals surface area contributed by atoms with Crippen LogP contribution in [0.25, 0.3) is 21.7 Å². The lowest BCUT2D eigenvalue weighted by molar-refractivity contribution is -0.136. The molecular weight excluding hydrogens is 438 g/mol. The van der Waals surface area contributed by atoms with E-state index in [1.807, 2.05) is 43.3 Å². The summed E-state index contributed by atoms with van der Waals surface area (Å²) in [5, 5.41) is 12.4. The van der Waals surface area contributed by atoms with Crippen LogP contribution in [0.1, 0.15) is 27.2 Å². The van der Waals surface area contributed by atoms with E-state index in [0.717, 1.165) is 17.5 Å². The molecule has 0 atom stereocenters. The Morgan fingerprint density at radius 3 is 2.34 bits per heavy atom. The number of carbonyl (C=O) groups is 2. The summed E-state index contributed by atoms with van der Waals surface area (Å²) in [6, 6.07) is 29.1. The van der Waals surface area contributed by atoms with Gasteiger partial charge in [-0.2, -0.15) is 0 Å². The lowest BCUT2D eigenvalue weighted by Gasteiger charge is -2.10. The van der Waals surface area contributed by atoms with Crippen molar-refractivity contribution in [2.45, 2.75) is 19.8 Å². The van der Waals surface area contributed by atoms with Crippen molar-refractivity contribution in [2.75, 3.05) is 6.61 Å². The minimum Gasteiger partial charge on any atom is -0.493 e. The number of hydrogen-bond donors (Lipinski definition) is 1. The second kappa shape index (κ2) is 9.47. The summed E-state index contributed by atoms with van der Waals surface area (Å²) in [5.41, 5.74) is 3.95. The number of fused-ring (bicyclic) bond motifs is 2. The van der Waals surface area contributed by atoms with Crippen LogP contribution in [0.5, 0.6) is 5.75 Å². The number of aryl methyl sites for hydroxylation is 1. The molecule has 5 nitrogen and oxygen atoms in total. The molecule has 1 aromatic heterocycles. The van der Waals surface area contributed by atoms with Crippen molar-refractivity contribution in [1.29, 1.82) is 0 Å². The van der Waals surface area contributed by atoms with Crippen LogP contribution in [0.15, 0.2) is 91.0 Å². The molecule has 0 spiro atoms. The Labute approximate surface area is 203 Å². The van der Waals surface area contributed by atoms with E-state index in [-0.39, 0.29) is 12.3 Å². The molecule has 5 aromatic rings. The predicted octanol–water partition coefficient (Wildman–Crippen LogP) is 6.04. The summed E-state index contributed by atoms with van der Waals surface area (Å²) in [4.78, 5) is 24.5. The van der Waals surface area contributed by atoms with E-state index < -0.39 is 5.97 Å². The molecule has 0 bridgehead atoms. The molecule has 0 saturated heterocycles. The third-order valence-electron chi connectivity index (χ3n) is 6.29. The predicted molar refractivity (Wildman–Crippen MR) is 137 cm³/mol. The molecule has 0 aliphatic heterocycles. The largest absolute Gasteiger partial charge is 0.493 e. The van der Waals surface area contributed by atoms with Crippen molar-refractivity contribution in [3.63, 3.8) is 0 Å². The number of ether oxygens (including phenoxy) is 1. The van der Waals surface area contributed by atoms with Gasteiger partial charge in [0.25, 0.3) is 5.91 Å². The summed E-state index contributed by atoms with van der Waals surface area (Å²) in [5.74, 6) is -0.350. The quantitative estimate of drug-likeness (QED) is 0.320. The van der Waals surface area contributed by atoms with Crippen LogP contribution in [0.4, 0.5) is 0 Å². The Hall–Kier alpha value is -4.38. The van der Waals surface area contributed by atoms with Gasteiger partial charge in [0.05, 0.1) is 18.5 Å². The maximum atomic E-state index is 13.3. The first-order valence-electron chi connectivity index (χ1n) is 11.6.